The minimum atomic E-state index is -0.794. The normalized spacial score (nSPS) is 13.0. The van der Waals surface area contributed by atoms with Gasteiger partial charge in [-0.15, -0.1) is 0 Å². The highest BCUT2D eigenvalue weighted by Gasteiger charge is 2.20. The molecule has 2 N–H and O–H groups in total. The number of rotatable bonds is 7. The number of hydrogen-bond acceptors (Lipinski definition) is 3. The summed E-state index contributed by atoms with van der Waals surface area (Å²) in [7, 11) is 1.62. The van der Waals surface area contributed by atoms with Gasteiger partial charge in [0.15, 0.2) is 0 Å². The molecule has 0 saturated carbocycles. The van der Waals surface area contributed by atoms with Crippen LogP contribution in [-0.2, 0) is 11.3 Å². The first-order valence-corrected chi connectivity index (χ1v) is 6.91. The van der Waals surface area contributed by atoms with Crippen LogP contribution in [0.4, 0.5) is 0 Å². The second-order valence-corrected chi connectivity index (χ2v) is 6.22. The monoisotopic (exact) mass is 279 g/mol. The highest BCUT2D eigenvalue weighted by Crippen LogP contribution is 2.22. The van der Waals surface area contributed by atoms with Crippen molar-refractivity contribution in [1.29, 1.82) is 0 Å². The number of carboxylic acids is 1. The highest BCUT2D eigenvalue weighted by atomic mass is 16.5. The van der Waals surface area contributed by atoms with Crippen molar-refractivity contribution in [2.24, 2.45) is 5.41 Å². The zero-order valence-corrected chi connectivity index (χ0v) is 12.8. The maximum Gasteiger partial charge on any atom is 0.320 e. The number of carbonyl (C=O) groups is 1. The fourth-order valence-corrected chi connectivity index (χ4v) is 1.91. The predicted molar refractivity (Wildman–Crippen MR) is 79.9 cm³/mol. The van der Waals surface area contributed by atoms with E-state index in [-0.39, 0.29) is 5.41 Å². The molecule has 0 spiro atoms. The molecule has 0 amide bonds. The summed E-state index contributed by atoms with van der Waals surface area (Å²) in [6.45, 7) is 6.88. The number of methoxy groups -OCH3 is 1. The highest BCUT2D eigenvalue weighted by molar-refractivity contribution is 5.73. The molecule has 4 nitrogen and oxygen atoms in total. The summed E-state index contributed by atoms with van der Waals surface area (Å²) in [4.78, 5) is 11.3. The average Bonchev–Trinajstić information content (AvgIpc) is 2.37. The van der Waals surface area contributed by atoms with E-state index in [0.717, 1.165) is 17.7 Å². The van der Waals surface area contributed by atoms with E-state index in [1.807, 2.05) is 24.3 Å². The third-order valence-corrected chi connectivity index (χ3v) is 3.17. The molecule has 1 aromatic rings. The van der Waals surface area contributed by atoms with Crippen LogP contribution in [0.3, 0.4) is 0 Å². The first-order valence-electron chi connectivity index (χ1n) is 6.91. The van der Waals surface area contributed by atoms with E-state index in [4.69, 9.17) is 4.74 Å². The maximum atomic E-state index is 11.3. The molecule has 0 unspecified atom stereocenters. The molecule has 0 heterocycles. The van der Waals surface area contributed by atoms with Crippen molar-refractivity contribution in [3.63, 3.8) is 0 Å². The van der Waals surface area contributed by atoms with Gasteiger partial charge in [0.25, 0.3) is 0 Å². The largest absolute Gasteiger partial charge is 0.497 e. The van der Waals surface area contributed by atoms with Gasteiger partial charge < -0.3 is 15.2 Å². The van der Waals surface area contributed by atoms with Gasteiger partial charge in [0.1, 0.15) is 11.8 Å². The van der Waals surface area contributed by atoms with Crippen molar-refractivity contribution in [2.75, 3.05) is 7.11 Å². The molecular formula is C16H25NO3. The molecule has 4 heteroatoms. The summed E-state index contributed by atoms with van der Waals surface area (Å²) < 4.78 is 5.16. The van der Waals surface area contributed by atoms with Crippen LogP contribution in [0.15, 0.2) is 24.3 Å². The number of aliphatic carboxylic acids is 1. The molecular weight excluding hydrogens is 254 g/mol. The number of benzene rings is 1. The lowest BCUT2D eigenvalue weighted by molar-refractivity contribution is -0.139. The Morgan fingerprint density at radius 3 is 2.65 bits per heavy atom. The van der Waals surface area contributed by atoms with Gasteiger partial charge in [-0.25, -0.2) is 0 Å². The minimum Gasteiger partial charge on any atom is -0.497 e. The van der Waals surface area contributed by atoms with Gasteiger partial charge in [0.2, 0.25) is 0 Å². The van der Waals surface area contributed by atoms with E-state index in [1.54, 1.807) is 7.11 Å². The quantitative estimate of drug-likeness (QED) is 0.805. The fourth-order valence-electron chi connectivity index (χ4n) is 1.91. The van der Waals surface area contributed by atoms with E-state index >= 15 is 0 Å². The Balaban J connectivity index is 2.56. The molecule has 0 aliphatic rings. The molecule has 20 heavy (non-hydrogen) atoms. The van der Waals surface area contributed by atoms with Gasteiger partial charge >= 0.3 is 5.97 Å². The second-order valence-electron chi connectivity index (χ2n) is 6.22. The van der Waals surface area contributed by atoms with E-state index in [1.165, 1.54) is 0 Å². The smallest absolute Gasteiger partial charge is 0.320 e. The van der Waals surface area contributed by atoms with Gasteiger partial charge in [-0.3, -0.25) is 4.79 Å². The standard InChI is InChI=1S/C16H25NO3/c1-16(2,3)9-8-14(15(18)19)17-11-12-6-5-7-13(10-12)20-4/h5-7,10,14,17H,8-9,11H2,1-4H3,(H,18,19)/t14-/m0/s1. The third kappa shape index (κ3) is 6.06. The van der Waals surface area contributed by atoms with Crippen molar-refractivity contribution in [3.05, 3.63) is 29.8 Å². The first kappa shape index (κ1) is 16.5. The molecule has 112 valence electrons. The van der Waals surface area contributed by atoms with E-state index < -0.39 is 12.0 Å². The number of carboxylic acid groups (broad SMARTS) is 1. The second kappa shape index (κ2) is 7.29. The lowest BCUT2D eigenvalue weighted by atomic mass is 9.88. The van der Waals surface area contributed by atoms with Gasteiger partial charge in [0, 0.05) is 6.54 Å². The molecule has 1 aromatic carbocycles. The van der Waals surface area contributed by atoms with Crippen LogP contribution >= 0.6 is 0 Å². The Morgan fingerprint density at radius 1 is 1.40 bits per heavy atom. The van der Waals surface area contributed by atoms with Crippen molar-refractivity contribution in [3.8, 4) is 5.75 Å². The molecule has 1 atom stereocenters. The average molecular weight is 279 g/mol. The summed E-state index contributed by atoms with van der Waals surface area (Å²) in [5.41, 5.74) is 1.16. The Morgan fingerprint density at radius 2 is 2.10 bits per heavy atom. The van der Waals surface area contributed by atoms with E-state index in [0.29, 0.717) is 13.0 Å². The fraction of sp³-hybridized carbons (Fsp3) is 0.562. The molecule has 1 rings (SSSR count). The lowest BCUT2D eigenvalue weighted by Gasteiger charge is -2.21. The first-order chi connectivity index (χ1) is 9.31. The minimum absolute atomic E-state index is 0.144. The third-order valence-electron chi connectivity index (χ3n) is 3.17. The van der Waals surface area contributed by atoms with Gasteiger partial charge in [-0.1, -0.05) is 32.9 Å². The predicted octanol–water partition coefficient (Wildman–Crippen LogP) is 3.06. The Kier molecular flexibility index (Phi) is 6.02. The van der Waals surface area contributed by atoms with Gasteiger partial charge in [0.05, 0.1) is 7.11 Å². The zero-order valence-electron chi connectivity index (χ0n) is 12.8. The van der Waals surface area contributed by atoms with Crippen LogP contribution in [0.2, 0.25) is 0 Å². The molecule has 0 fully saturated rings. The van der Waals surface area contributed by atoms with Crippen molar-refractivity contribution in [2.45, 2.75) is 46.2 Å². The summed E-state index contributed by atoms with van der Waals surface area (Å²) in [6.07, 6.45) is 1.50. The van der Waals surface area contributed by atoms with Crippen LogP contribution < -0.4 is 10.1 Å². The summed E-state index contributed by atoms with van der Waals surface area (Å²) in [5, 5.41) is 12.4. The van der Waals surface area contributed by atoms with Crippen molar-refractivity contribution >= 4 is 5.97 Å². The maximum absolute atomic E-state index is 11.3. The molecule has 0 aliphatic carbocycles. The van der Waals surface area contributed by atoms with Crippen LogP contribution in [0, 0.1) is 5.41 Å². The summed E-state index contributed by atoms with van der Waals surface area (Å²) in [5.74, 6) is -0.0111. The van der Waals surface area contributed by atoms with Crippen molar-refractivity contribution < 1.29 is 14.6 Å². The van der Waals surface area contributed by atoms with E-state index in [2.05, 4.69) is 26.1 Å². The summed E-state index contributed by atoms with van der Waals surface area (Å²) in [6, 6.07) is 7.13. The van der Waals surface area contributed by atoms with Crippen LogP contribution in [0.1, 0.15) is 39.2 Å². The topological polar surface area (TPSA) is 58.6 Å². The molecule has 0 aliphatic heterocycles. The van der Waals surface area contributed by atoms with Crippen LogP contribution in [0.25, 0.3) is 0 Å². The van der Waals surface area contributed by atoms with Crippen LogP contribution in [-0.4, -0.2) is 24.2 Å². The Bertz CT molecular complexity index is 438. The van der Waals surface area contributed by atoms with Crippen LogP contribution in [0.5, 0.6) is 5.75 Å². The van der Waals surface area contributed by atoms with Gasteiger partial charge in [-0.05, 0) is 36.0 Å². The SMILES string of the molecule is COc1cccc(CN[C@@H](CCC(C)(C)C)C(=O)O)c1. The van der Waals surface area contributed by atoms with E-state index in [9.17, 15) is 9.90 Å². The number of ether oxygens (including phenoxy) is 1. The lowest BCUT2D eigenvalue weighted by Crippen LogP contribution is -2.37. The molecule has 0 aromatic heterocycles. The Labute approximate surface area is 121 Å². The molecule has 0 bridgehead atoms. The number of nitrogens with one attached hydrogen (secondary N) is 1. The number of hydrogen-bond donors (Lipinski definition) is 2. The Hall–Kier alpha value is -1.55. The van der Waals surface area contributed by atoms with Crippen molar-refractivity contribution in [1.82, 2.24) is 5.32 Å². The van der Waals surface area contributed by atoms with Gasteiger partial charge in [-0.2, -0.15) is 0 Å². The summed E-state index contributed by atoms with van der Waals surface area (Å²) >= 11 is 0. The zero-order chi connectivity index (χ0) is 15.2. The molecule has 0 radical (unpaired) electrons. The molecule has 0 saturated heterocycles.